The molecule has 3 aromatic rings. The molecule has 3 rings (SSSR count). The van der Waals surface area contributed by atoms with Crippen molar-refractivity contribution in [2.75, 3.05) is 0 Å². The summed E-state index contributed by atoms with van der Waals surface area (Å²) in [5.41, 5.74) is 3.70. The zero-order valence-corrected chi connectivity index (χ0v) is 13.9. The van der Waals surface area contributed by atoms with Crippen LogP contribution >= 0.6 is 23.1 Å². The van der Waals surface area contributed by atoms with Gasteiger partial charge in [-0.1, -0.05) is 17.8 Å². The maximum Gasteiger partial charge on any atom is 0.173 e. The van der Waals surface area contributed by atoms with Crippen LogP contribution in [-0.2, 0) is 0 Å². The zero-order valence-electron chi connectivity index (χ0n) is 12.3. The van der Waals surface area contributed by atoms with Gasteiger partial charge in [-0.15, -0.1) is 11.3 Å². The number of thiazole rings is 1. The minimum Gasteiger partial charge on any atom is -0.295 e. The number of rotatable bonds is 4. The van der Waals surface area contributed by atoms with Crippen LogP contribution < -0.4 is 0 Å². The summed E-state index contributed by atoms with van der Waals surface area (Å²) in [4.78, 5) is 8.89. The normalized spacial score (nSPS) is 12.5. The highest BCUT2D eigenvalue weighted by Crippen LogP contribution is 2.35. The summed E-state index contributed by atoms with van der Waals surface area (Å²) in [7, 11) is 0. The van der Waals surface area contributed by atoms with Crippen LogP contribution in [0, 0.1) is 13.8 Å². The summed E-state index contributed by atoms with van der Waals surface area (Å²) >= 11 is 3.43. The van der Waals surface area contributed by atoms with Gasteiger partial charge in [0.15, 0.2) is 5.16 Å². The summed E-state index contributed by atoms with van der Waals surface area (Å²) in [6.45, 7) is 6.42. The van der Waals surface area contributed by atoms with E-state index in [4.69, 9.17) is 0 Å². The average Bonchev–Trinajstić information content (AvgIpc) is 3.08. The predicted molar refractivity (Wildman–Crippen MR) is 89.4 cm³/mol. The fourth-order valence-electron chi connectivity index (χ4n) is 2.31. The molecule has 0 saturated carbocycles. The number of imidazole rings is 1. The molecule has 1 atom stereocenters. The molecule has 108 valence electrons. The van der Waals surface area contributed by atoms with Crippen LogP contribution in [0.4, 0.5) is 0 Å². The largest absolute Gasteiger partial charge is 0.295 e. The lowest BCUT2D eigenvalue weighted by molar-refractivity contribution is 0.883. The lowest BCUT2D eigenvalue weighted by Crippen LogP contribution is -1.98. The minimum atomic E-state index is 0.303. The third-order valence-electron chi connectivity index (χ3n) is 3.17. The van der Waals surface area contributed by atoms with Crippen LogP contribution in [0.2, 0.25) is 0 Å². The van der Waals surface area contributed by atoms with E-state index in [0.717, 1.165) is 10.2 Å². The molecule has 0 aliphatic rings. The highest BCUT2D eigenvalue weighted by molar-refractivity contribution is 7.99. The van der Waals surface area contributed by atoms with Crippen molar-refractivity contribution in [1.29, 1.82) is 0 Å². The smallest absolute Gasteiger partial charge is 0.173 e. The van der Waals surface area contributed by atoms with E-state index in [-0.39, 0.29) is 0 Å². The first-order valence-corrected chi connectivity index (χ1v) is 8.57. The number of nitrogens with zero attached hydrogens (tertiary/aromatic N) is 3. The highest BCUT2D eigenvalue weighted by Gasteiger charge is 2.14. The molecule has 21 heavy (non-hydrogen) atoms. The molecule has 0 N–H and O–H groups in total. The number of aryl methyl sites for hydroxylation is 2. The van der Waals surface area contributed by atoms with Gasteiger partial charge < -0.3 is 0 Å². The summed E-state index contributed by atoms with van der Waals surface area (Å²) in [6, 6.07) is 6.56. The summed E-state index contributed by atoms with van der Waals surface area (Å²) < 4.78 is 2.15. The molecule has 2 aromatic heterocycles. The number of aromatic nitrogens is 3. The minimum absolute atomic E-state index is 0.303. The van der Waals surface area contributed by atoms with Gasteiger partial charge in [0, 0.05) is 29.7 Å². The Morgan fingerprint density at radius 1 is 1.10 bits per heavy atom. The molecule has 0 amide bonds. The highest BCUT2D eigenvalue weighted by atomic mass is 32.2. The van der Waals surface area contributed by atoms with Crippen LogP contribution in [0.1, 0.15) is 28.3 Å². The summed E-state index contributed by atoms with van der Waals surface area (Å²) in [6.07, 6.45) is 5.73. The van der Waals surface area contributed by atoms with Crippen molar-refractivity contribution in [3.05, 3.63) is 58.3 Å². The number of hydrogen-bond donors (Lipinski definition) is 0. The fourth-order valence-corrected chi connectivity index (χ4v) is 4.07. The zero-order chi connectivity index (χ0) is 14.8. The molecular formula is C16H17N3S2. The van der Waals surface area contributed by atoms with E-state index in [2.05, 4.69) is 53.5 Å². The Labute approximate surface area is 133 Å². The van der Waals surface area contributed by atoms with Crippen LogP contribution in [0.3, 0.4) is 0 Å². The van der Waals surface area contributed by atoms with Crippen molar-refractivity contribution in [2.24, 2.45) is 0 Å². The molecule has 0 saturated heterocycles. The lowest BCUT2D eigenvalue weighted by Gasteiger charge is -2.12. The van der Waals surface area contributed by atoms with Gasteiger partial charge in [0.25, 0.3) is 0 Å². The third-order valence-corrected chi connectivity index (χ3v) is 5.37. The lowest BCUT2D eigenvalue weighted by atomic mass is 10.1. The summed E-state index contributed by atoms with van der Waals surface area (Å²) in [5, 5.41) is 4.46. The Bertz CT molecular complexity index is 712. The van der Waals surface area contributed by atoms with Gasteiger partial charge in [0.05, 0.1) is 5.25 Å². The first-order chi connectivity index (χ1) is 10.1. The predicted octanol–water partition coefficient (Wildman–Crippen LogP) is 4.80. The van der Waals surface area contributed by atoms with Gasteiger partial charge in [-0.3, -0.25) is 4.57 Å². The number of benzene rings is 1. The van der Waals surface area contributed by atoms with E-state index >= 15 is 0 Å². The molecule has 0 unspecified atom stereocenters. The Balaban J connectivity index is 1.90. The van der Waals surface area contributed by atoms with Gasteiger partial charge in [0.2, 0.25) is 0 Å². The van der Waals surface area contributed by atoms with E-state index in [1.165, 1.54) is 16.8 Å². The number of hydrogen-bond acceptors (Lipinski definition) is 4. The fraction of sp³-hybridized carbons (Fsp3) is 0.250. The molecule has 0 radical (unpaired) electrons. The van der Waals surface area contributed by atoms with Gasteiger partial charge >= 0.3 is 0 Å². The standard InChI is InChI=1S/C16H17N3S2/c1-11-8-12(2)10-14(9-11)19-6-4-18-16(19)21-13(3)15-17-5-7-20-15/h4-10,13H,1-3H3/t13-/m1/s1. The third kappa shape index (κ3) is 3.19. The molecule has 0 bridgehead atoms. The van der Waals surface area contributed by atoms with Crippen molar-refractivity contribution < 1.29 is 0 Å². The maximum absolute atomic E-state index is 4.50. The molecule has 0 spiro atoms. The monoisotopic (exact) mass is 315 g/mol. The van der Waals surface area contributed by atoms with Crippen molar-refractivity contribution in [3.63, 3.8) is 0 Å². The molecule has 1 aromatic carbocycles. The van der Waals surface area contributed by atoms with Crippen LogP contribution in [0.5, 0.6) is 0 Å². The van der Waals surface area contributed by atoms with Crippen LogP contribution in [-0.4, -0.2) is 14.5 Å². The average molecular weight is 315 g/mol. The molecule has 2 heterocycles. The Morgan fingerprint density at radius 3 is 2.52 bits per heavy atom. The summed E-state index contributed by atoms with van der Waals surface area (Å²) in [5.74, 6) is 0. The van der Waals surface area contributed by atoms with E-state index in [9.17, 15) is 0 Å². The Hall–Kier alpha value is -1.59. The van der Waals surface area contributed by atoms with Gasteiger partial charge in [0.1, 0.15) is 5.01 Å². The van der Waals surface area contributed by atoms with E-state index in [1.807, 2.05) is 24.0 Å². The SMILES string of the molecule is Cc1cc(C)cc(-n2ccnc2S[C@H](C)c2nccs2)c1. The molecule has 5 heteroatoms. The molecule has 0 aliphatic heterocycles. The van der Waals surface area contributed by atoms with Crippen LogP contribution in [0.15, 0.2) is 47.3 Å². The second kappa shape index (κ2) is 6.03. The van der Waals surface area contributed by atoms with Gasteiger partial charge in [-0.05, 0) is 44.0 Å². The molecule has 3 nitrogen and oxygen atoms in total. The molecule has 0 fully saturated rings. The van der Waals surface area contributed by atoms with E-state index in [1.54, 1.807) is 23.1 Å². The van der Waals surface area contributed by atoms with Crippen molar-refractivity contribution >= 4 is 23.1 Å². The van der Waals surface area contributed by atoms with Crippen LogP contribution in [0.25, 0.3) is 5.69 Å². The van der Waals surface area contributed by atoms with E-state index in [0.29, 0.717) is 5.25 Å². The Morgan fingerprint density at radius 2 is 1.86 bits per heavy atom. The molecular weight excluding hydrogens is 298 g/mol. The second-order valence-electron chi connectivity index (χ2n) is 5.06. The topological polar surface area (TPSA) is 30.7 Å². The van der Waals surface area contributed by atoms with Gasteiger partial charge in [-0.25, -0.2) is 9.97 Å². The first kappa shape index (κ1) is 14.4. The second-order valence-corrected chi connectivity index (χ2v) is 7.29. The van der Waals surface area contributed by atoms with Crippen molar-refractivity contribution in [3.8, 4) is 5.69 Å². The quantitative estimate of drug-likeness (QED) is 0.648. The van der Waals surface area contributed by atoms with Crippen molar-refractivity contribution in [2.45, 2.75) is 31.2 Å². The van der Waals surface area contributed by atoms with Crippen molar-refractivity contribution in [1.82, 2.24) is 14.5 Å². The Kier molecular flexibility index (Phi) is 4.12. The first-order valence-electron chi connectivity index (χ1n) is 6.81. The maximum atomic E-state index is 4.50. The molecule has 0 aliphatic carbocycles. The van der Waals surface area contributed by atoms with E-state index < -0.39 is 0 Å². The number of thioether (sulfide) groups is 1. The van der Waals surface area contributed by atoms with Gasteiger partial charge in [-0.2, -0.15) is 0 Å².